The minimum absolute atomic E-state index is 0.107. The first-order chi connectivity index (χ1) is 9.88. The standard InChI is InChI=1S/C14H10ClF3N2O/c15-11-4-2-1-3-10(11)8-20-13(21)9-5-6-19-12(7-9)14(16,17)18/h1-7H,8H2,(H,20,21). The van der Waals surface area contributed by atoms with Crippen LogP contribution in [0.1, 0.15) is 21.6 Å². The van der Waals surface area contributed by atoms with Crippen LogP contribution in [0.15, 0.2) is 42.6 Å². The third-order valence-corrected chi connectivity index (χ3v) is 3.08. The monoisotopic (exact) mass is 314 g/mol. The molecular weight excluding hydrogens is 305 g/mol. The molecule has 7 heteroatoms. The zero-order chi connectivity index (χ0) is 15.5. The maximum atomic E-state index is 12.5. The van der Waals surface area contributed by atoms with Crippen LogP contribution < -0.4 is 5.32 Å². The second kappa shape index (κ2) is 6.13. The van der Waals surface area contributed by atoms with E-state index >= 15 is 0 Å². The minimum Gasteiger partial charge on any atom is -0.348 e. The van der Waals surface area contributed by atoms with Gasteiger partial charge in [-0.25, -0.2) is 0 Å². The minimum atomic E-state index is -4.58. The molecule has 0 radical (unpaired) electrons. The van der Waals surface area contributed by atoms with Crippen molar-refractivity contribution in [3.8, 4) is 0 Å². The first-order valence-corrected chi connectivity index (χ1v) is 6.30. The molecule has 0 aliphatic heterocycles. The SMILES string of the molecule is O=C(NCc1ccccc1Cl)c1ccnc(C(F)(F)F)c1. The first kappa shape index (κ1) is 15.3. The molecular formula is C14H10ClF3N2O. The second-order valence-electron chi connectivity index (χ2n) is 4.20. The summed E-state index contributed by atoms with van der Waals surface area (Å²) in [4.78, 5) is 15.1. The summed E-state index contributed by atoms with van der Waals surface area (Å²) in [5, 5.41) is 2.99. The van der Waals surface area contributed by atoms with Crippen LogP contribution in [0, 0.1) is 0 Å². The average Bonchev–Trinajstić information content (AvgIpc) is 2.45. The molecule has 0 fully saturated rings. The Morgan fingerprint density at radius 2 is 1.95 bits per heavy atom. The van der Waals surface area contributed by atoms with Crippen LogP contribution in [0.3, 0.4) is 0 Å². The Labute approximate surface area is 123 Å². The van der Waals surface area contributed by atoms with Crippen molar-refractivity contribution in [2.75, 3.05) is 0 Å². The lowest BCUT2D eigenvalue weighted by Gasteiger charge is -2.09. The van der Waals surface area contributed by atoms with E-state index < -0.39 is 17.8 Å². The molecule has 0 saturated heterocycles. The van der Waals surface area contributed by atoms with Crippen LogP contribution in [0.4, 0.5) is 13.2 Å². The molecule has 1 aromatic heterocycles. The highest BCUT2D eigenvalue weighted by molar-refractivity contribution is 6.31. The Bertz CT molecular complexity index is 659. The largest absolute Gasteiger partial charge is 0.433 e. The molecule has 2 rings (SSSR count). The quantitative estimate of drug-likeness (QED) is 0.939. The van der Waals surface area contributed by atoms with Crippen LogP contribution in [-0.4, -0.2) is 10.9 Å². The third-order valence-electron chi connectivity index (χ3n) is 2.71. The summed E-state index contributed by atoms with van der Waals surface area (Å²) >= 11 is 5.93. The van der Waals surface area contributed by atoms with Gasteiger partial charge < -0.3 is 5.32 Å². The smallest absolute Gasteiger partial charge is 0.348 e. The van der Waals surface area contributed by atoms with Crippen molar-refractivity contribution in [1.82, 2.24) is 10.3 Å². The maximum absolute atomic E-state index is 12.5. The summed E-state index contributed by atoms with van der Waals surface area (Å²) in [6, 6.07) is 8.81. The van der Waals surface area contributed by atoms with Gasteiger partial charge in [0, 0.05) is 23.3 Å². The predicted octanol–water partition coefficient (Wildman–Crippen LogP) is 3.68. The van der Waals surface area contributed by atoms with E-state index in [1.54, 1.807) is 24.3 Å². The number of rotatable bonds is 3. The molecule has 0 bridgehead atoms. The van der Waals surface area contributed by atoms with Gasteiger partial charge in [-0.05, 0) is 23.8 Å². The number of hydrogen-bond acceptors (Lipinski definition) is 2. The summed E-state index contributed by atoms with van der Waals surface area (Å²) in [7, 11) is 0. The zero-order valence-corrected chi connectivity index (χ0v) is 11.4. The van der Waals surface area contributed by atoms with Gasteiger partial charge in [-0.15, -0.1) is 0 Å². The number of aromatic nitrogens is 1. The van der Waals surface area contributed by atoms with Gasteiger partial charge in [0.15, 0.2) is 0 Å². The van der Waals surface area contributed by atoms with Gasteiger partial charge >= 0.3 is 6.18 Å². The summed E-state index contributed by atoms with van der Waals surface area (Å²) in [5.74, 6) is -0.622. The maximum Gasteiger partial charge on any atom is 0.433 e. The zero-order valence-electron chi connectivity index (χ0n) is 10.6. The fourth-order valence-corrected chi connectivity index (χ4v) is 1.85. The van der Waals surface area contributed by atoms with Gasteiger partial charge in [0.1, 0.15) is 5.69 Å². The van der Waals surface area contributed by atoms with Crippen LogP contribution in [0.5, 0.6) is 0 Å². The lowest BCUT2D eigenvalue weighted by molar-refractivity contribution is -0.141. The van der Waals surface area contributed by atoms with Crippen molar-refractivity contribution in [2.24, 2.45) is 0 Å². The van der Waals surface area contributed by atoms with E-state index in [-0.39, 0.29) is 12.1 Å². The van der Waals surface area contributed by atoms with Gasteiger partial charge in [0.25, 0.3) is 5.91 Å². The van der Waals surface area contributed by atoms with Crippen molar-refractivity contribution in [3.63, 3.8) is 0 Å². The Balaban J connectivity index is 2.09. The molecule has 0 atom stereocenters. The van der Waals surface area contributed by atoms with Gasteiger partial charge in [0.2, 0.25) is 0 Å². The summed E-state index contributed by atoms with van der Waals surface area (Å²) in [6.45, 7) is 0.127. The highest BCUT2D eigenvalue weighted by Gasteiger charge is 2.32. The second-order valence-corrected chi connectivity index (χ2v) is 4.61. The molecule has 1 N–H and O–H groups in total. The Morgan fingerprint density at radius 3 is 2.62 bits per heavy atom. The fraction of sp³-hybridized carbons (Fsp3) is 0.143. The number of hydrogen-bond donors (Lipinski definition) is 1. The van der Waals surface area contributed by atoms with Crippen molar-refractivity contribution in [3.05, 3.63) is 64.4 Å². The lowest BCUT2D eigenvalue weighted by atomic mass is 10.2. The van der Waals surface area contributed by atoms with E-state index in [0.29, 0.717) is 16.7 Å². The molecule has 21 heavy (non-hydrogen) atoms. The molecule has 1 aromatic carbocycles. The molecule has 1 amide bonds. The van der Waals surface area contributed by atoms with E-state index in [9.17, 15) is 18.0 Å². The van der Waals surface area contributed by atoms with Gasteiger partial charge in [0.05, 0.1) is 0 Å². The van der Waals surface area contributed by atoms with Gasteiger partial charge in [-0.1, -0.05) is 29.8 Å². The van der Waals surface area contributed by atoms with E-state index in [2.05, 4.69) is 10.3 Å². The number of carbonyl (C=O) groups excluding carboxylic acids is 1. The highest BCUT2D eigenvalue weighted by atomic mass is 35.5. The van der Waals surface area contributed by atoms with E-state index in [0.717, 1.165) is 6.20 Å². The number of benzene rings is 1. The van der Waals surface area contributed by atoms with Gasteiger partial charge in [-0.2, -0.15) is 13.2 Å². The van der Waals surface area contributed by atoms with Crippen molar-refractivity contribution < 1.29 is 18.0 Å². The van der Waals surface area contributed by atoms with E-state index in [4.69, 9.17) is 11.6 Å². The molecule has 3 nitrogen and oxygen atoms in total. The summed E-state index contributed by atoms with van der Waals surface area (Å²) in [6.07, 6.45) is -3.63. The average molecular weight is 315 g/mol. The van der Waals surface area contributed by atoms with Gasteiger partial charge in [-0.3, -0.25) is 9.78 Å². The molecule has 1 heterocycles. The van der Waals surface area contributed by atoms with Crippen molar-refractivity contribution in [1.29, 1.82) is 0 Å². The summed E-state index contributed by atoms with van der Waals surface area (Å²) < 4.78 is 37.6. The molecule has 0 spiro atoms. The fourth-order valence-electron chi connectivity index (χ4n) is 1.65. The first-order valence-electron chi connectivity index (χ1n) is 5.93. The van der Waals surface area contributed by atoms with E-state index in [1.165, 1.54) is 6.07 Å². The molecule has 0 aliphatic carbocycles. The van der Waals surface area contributed by atoms with Crippen LogP contribution in [0.2, 0.25) is 5.02 Å². The number of amides is 1. The lowest BCUT2D eigenvalue weighted by Crippen LogP contribution is -2.23. The molecule has 0 saturated carbocycles. The van der Waals surface area contributed by atoms with Crippen LogP contribution >= 0.6 is 11.6 Å². The van der Waals surface area contributed by atoms with Crippen LogP contribution in [0.25, 0.3) is 0 Å². The van der Waals surface area contributed by atoms with Crippen molar-refractivity contribution in [2.45, 2.75) is 12.7 Å². The number of nitrogens with one attached hydrogen (secondary N) is 1. The number of carbonyl (C=O) groups is 1. The third kappa shape index (κ3) is 3.95. The molecule has 0 unspecified atom stereocenters. The number of nitrogens with zero attached hydrogens (tertiary/aromatic N) is 1. The Morgan fingerprint density at radius 1 is 1.24 bits per heavy atom. The number of halogens is 4. The van der Waals surface area contributed by atoms with E-state index in [1.807, 2.05) is 0 Å². The Hall–Kier alpha value is -2.08. The van der Waals surface area contributed by atoms with Crippen LogP contribution in [-0.2, 0) is 12.7 Å². The number of alkyl halides is 3. The normalized spacial score (nSPS) is 11.2. The molecule has 2 aromatic rings. The number of pyridine rings is 1. The molecule has 0 aliphatic rings. The Kier molecular flexibility index (Phi) is 4.47. The summed E-state index contributed by atoms with van der Waals surface area (Å²) in [5.41, 5.74) is -0.533. The van der Waals surface area contributed by atoms with Crippen molar-refractivity contribution >= 4 is 17.5 Å². The highest BCUT2D eigenvalue weighted by Crippen LogP contribution is 2.27. The molecule has 110 valence electrons. The predicted molar refractivity (Wildman–Crippen MR) is 71.9 cm³/mol. The topological polar surface area (TPSA) is 42.0 Å².